The summed E-state index contributed by atoms with van der Waals surface area (Å²) in [6.07, 6.45) is 3.85. The van der Waals surface area contributed by atoms with Crippen molar-refractivity contribution >= 4 is 32.4 Å². The molecule has 2 atom stereocenters. The van der Waals surface area contributed by atoms with E-state index in [0.29, 0.717) is 18.0 Å². The molecule has 0 saturated heterocycles. The van der Waals surface area contributed by atoms with Gasteiger partial charge >= 0.3 is 0 Å². The fourth-order valence-electron chi connectivity index (χ4n) is 4.31. The van der Waals surface area contributed by atoms with Gasteiger partial charge in [0.15, 0.2) is 0 Å². The van der Waals surface area contributed by atoms with Crippen LogP contribution in [-0.4, -0.2) is 45.8 Å². The van der Waals surface area contributed by atoms with E-state index in [0.717, 1.165) is 24.0 Å². The maximum absolute atomic E-state index is 12.6. The summed E-state index contributed by atoms with van der Waals surface area (Å²) in [5, 5.41) is 0.189. The normalized spacial score (nSPS) is 17.1. The number of hydrogen-bond acceptors (Lipinski definition) is 6. The predicted molar refractivity (Wildman–Crippen MR) is 149 cm³/mol. The number of nitrogens with one attached hydrogen (secondary N) is 1. The quantitative estimate of drug-likeness (QED) is 0.389. The molecule has 192 valence electrons. The molecule has 0 aliphatic heterocycles. The Morgan fingerprint density at radius 3 is 2.63 bits per heavy atom. The second-order valence-corrected chi connectivity index (χ2v) is 12.8. The average Bonchev–Trinajstić information content (AvgIpc) is 3.19. The van der Waals surface area contributed by atoms with Gasteiger partial charge in [0.05, 0.1) is 17.5 Å². The molecule has 8 heteroatoms. The molecular formula is C27H39N3O3S2. The number of benzene rings is 2. The van der Waals surface area contributed by atoms with Gasteiger partial charge in [-0.1, -0.05) is 30.3 Å². The Morgan fingerprint density at radius 2 is 2.00 bits per heavy atom. The number of nitrogen functional groups attached to an aromatic ring is 1. The minimum absolute atomic E-state index is 0.0750. The van der Waals surface area contributed by atoms with Gasteiger partial charge in [0.25, 0.3) is 0 Å². The van der Waals surface area contributed by atoms with Crippen LogP contribution in [0.1, 0.15) is 67.7 Å². The van der Waals surface area contributed by atoms with Crippen molar-refractivity contribution in [1.82, 2.24) is 9.62 Å². The van der Waals surface area contributed by atoms with Crippen LogP contribution < -0.4 is 15.2 Å². The number of anilines is 1. The number of sulfonamides is 1. The summed E-state index contributed by atoms with van der Waals surface area (Å²) in [6, 6.07) is 12.1. The molecule has 0 radical (unpaired) electrons. The number of nitrogens with two attached hydrogens (primary N) is 1. The number of ether oxygens (including phenoxy) is 1. The molecule has 35 heavy (non-hydrogen) atoms. The third kappa shape index (κ3) is 7.26. The number of thioether (sulfide) groups is 1. The van der Waals surface area contributed by atoms with Crippen LogP contribution in [0.4, 0.5) is 5.69 Å². The van der Waals surface area contributed by atoms with Gasteiger partial charge in [-0.3, -0.25) is 0 Å². The minimum atomic E-state index is -3.35. The largest absolute Gasteiger partial charge is 0.489 e. The maximum Gasteiger partial charge on any atom is 0.213 e. The van der Waals surface area contributed by atoms with Crippen molar-refractivity contribution in [2.24, 2.45) is 0 Å². The van der Waals surface area contributed by atoms with E-state index in [1.165, 1.54) is 16.0 Å². The fraction of sp³-hybridized carbons (Fsp3) is 0.481. The Kier molecular flexibility index (Phi) is 9.32. The number of fused-ring (bicyclic) bond motifs is 1. The lowest BCUT2D eigenvalue weighted by atomic mass is 10.0. The zero-order valence-corrected chi connectivity index (χ0v) is 23.3. The molecule has 0 amide bonds. The van der Waals surface area contributed by atoms with Crippen LogP contribution in [-0.2, 0) is 16.4 Å². The summed E-state index contributed by atoms with van der Waals surface area (Å²) < 4.78 is 33.9. The first-order valence-electron chi connectivity index (χ1n) is 12.2. The van der Waals surface area contributed by atoms with Crippen molar-refractivity contribution in [2.75, 3.05) is 32.1 Å². The molecule has 0 heterocycles. The Bertz CT molecular complexity index is 1160. The van der Waals surface area contributed by atoms with Gasteiger partial charge in [-0.05, 0) is 89.0 Å². The molecule has 2 aromatic rings. The van der Waals surface area contributed by atoms with Crippen LogP contribution in [0.3, 0.4) is 0 Å². The van der Waals surface area contributed by atoms with Gasteiger partial charge < -0.3 is 15.4 Å². The molecule has 3 N–H and O–H groups in total. The van der Waals surface area contributed by atoms with Crippen molar-refractivity contribution < 1.29 is 13.2 Å². The Hall–Kier alpha value is -2.00. The van der Waals surface area contributed by atoms with Gasteiger partial charge in [-0.2, -0.15) is 0 Å². The molecule has 2 aromatic carbocycles. The molecule has 0 bridgehead atoms. The zero-order chi connectivity index (χ0) is 25.8. The fourth-order valence-corrected chi connectivity index (χ4v) is 6.83. The highest BCUT2D eigenvalue weighted by molar-refractivity contribution is 8.08. The third-order valence-corrected chi connectivity index (χ3v) is 8.80. The number of rotatable bonds is 11. The van der Waals surface area contributed by atoms with E-state index < -0.39 is 10.0 Å². The number of nitrogens with zero attached hydrogens (tertiary/aromatic N) is 1. The molecule has 1 aliphatic rings. The van der Waals surface area contributed by atoms with Crippen LogP contribution in [0.25, 0.3) is 4.91 Å². The summed E-state index contributed by atoms with van der Waals surface area (Å²) in [6.45, 7) is 8.71. The van der Waals surface area contributed by atoms with Gasteiger partial charge in [0.1, 0.15) is 5.75 Å². The van der Waals surface area contributed by atoms with E-state index in [2.05, 4.69) is 42.8 Å². The first kappa shape index (κ1) is 27.6. The van der Waals surface area contributed by atoms with E-state index in [9.17, 15) is 8.42 Å². The summed E-state index contributed by atoms with van der Waals surface area (Å²) in [7, 11) is 0.417. The average molecular weight is 518 g/mol. The maximum atomic E-state index is 12.6. The number of allylic oxidation sites excluding steroid dienone is 1. The molecule has 1 unspecified atom stereocenters. The van der Waals surface area contributed by atoms with Crippen molar-refractivity contribution in [1.29, 1.82) is 0 Å². The summed E-state index contributed by atoms with van der Waals surface area (Å²) in [5.74, 6) is 0.815. The Morgan fingerprint density at radius 1 is 1.26 bits per heavy atom. The number of hydrogen-bond donors (Lipinski definition) is 2. The monoisotopic (exact) mass is 517 g/mol. The van der Waals surface area contributed by atoms with Crippen molar-refractivity contribution in [3.63, 3.8) is 0 Å². The molecule has 0 saturated carbocycles. The second kappa shape index (κ2) is 11.8. The molecular weight excluding hydrogens is 478 g/mol. The Balaban J connectivity index is 1.77. The Labute approximate surface area is 215 Å². The van der Waals surface area contributed by atoms with Gasteiger partial charge in [0, 0.05) is 22.7 Å². The van der Waals surface area contributed by atoms with Gasteiger partial charge in [0.2, 0.25) is 10.0 Å². The third-order valence-electron chi connectivity index (χ3n) is 6.10. The molecule has 3 rings (SSSR count). The topological polar surface area (TPSA) is 84.7 Å². The van der Waals surface area contributed by atoms with E-state index >= 15 is 0 Å². The van der Waals surface area contributed by atoms with E-state index in [1.54, 1.807) is 11.8 Å². The van der Waals surface area contributed by atoms with Gasteiger partial charge in [-0.15, -0.1) is 11.8 Å². The summed E-state index contributed by atoms with van der Waals surface area (Å²) in [4.78, 5) is 3.07. The lowest BCUT2D eigenvalue weighted by Crippen LogP contribution is -2.33. The second-order valence-electron chi connectivity index (χ2n) is 9.58. The SMILES string of the molecule is C/C=C(\SC(C)c1ccc(OC(C)C)c(N)c1)c1cccc2c1CC[C@@H]2NS(=O)(=O)CCN(C)C. The molecule has 0 aromatic heterocycles. The highest BCUT2D eigenvalue weighted by Gasteiger charge is 2.29. The van der Waals surface area contributed by atoms with Gasteiger partial charge in [-0.25, -0.2) is 13.1 Å². The molecule has 6 nitrogen and oxygen atoms in total. The van der Waals surface area contributed by atoms with Crippen LogP contribution in [0.15, 0.2) is 42.5 Å². The first-order chi connectivity index (χ1) is 16.5. The zero-order valence-electron chi connectivity index (χ0n) is 21.7. The standard InChI is InChI=1S/C27H39N3O3S2/c1-7-27(34-19(4)20-11-14-26(24(28)17-20)33-18(2)3)23-10-8-9-22-21(23)12-13-25(22)29-35(31,32)16-15-30(5)6/h7-11,14,17-19,25,29H,12-13,15-16,28H2,1-6H3/b27-7-/t19?,25-/m0/s1. The highest BCUT2D eigenvalue weighted by Crippen LogP contribution is 2.45. The molecule has 0 spiro atoms. The summed E-state index contributed by atoms with van der Waals surface area (Å²) >= 11 is 1.79. The minimum Gasteiger partial charge on any atom is -0.489 e. The smallest absolute Gasteiger partial charge is 0.213 e. The summed E-state index contributed by atoms with van der Waals surface area (Å²) in [5.41, 5.74) is 11.5. The van der Waals surface area contributed by atoms with E-state index in [-0.39, 0.29) is 23.1 Å². The van der Waals surface area contributed by atoms with Crippen LogP contribution in [0.2, 0.25) is 0 Å². The van der Waals surface area contributed by atoms with Crippen LogP contribution in [0, 0.1) is 0 Å². The highest BCUT2D eigenvalue weighted by atomic mass is 32.2. The predicted octanol–water partition coefficient (Wildman–Crippen LogP) is 5.38. The molecule has 1 aliphatic carbocycles. The van der Waals surface area contributed by atoms with E-state index in [4.69, 9.17) is 10.5 Å². The van der Waals surface area contributed by atoms with Crippen LogP contribution in [0.5, 0.6) is 5.75 Å². The van der Waals surface area contributed by atoms with Crippen molar-refractivity contribution in [3.8, 4) is 5.75 Å². The van der Waals surface area contributed by atoms with Crippen molar-refractivity contribution in [3.05, 3.63) is 64.7 Å². The lowest BCUT2D eigenvalue weighted by Gasteiger charge is -2.19. The lowest BCUT2D eigenvalue weighted by molar-refractivity contribution is 0.244. The molecule has 0 fully saturated rings. The van der Waals surface area contributed by atoms with E-state index in [1.807, 2.05) is 51.0 Å². The van der Waals surface area contributed by atoms with Crippen molar-refractivity contribution in [2.45, 2.75) is 57.9 Å². The van der Waals surface area contributed by atoms with Crippen LogP contribution >= 0.6 is 11.8 Å². The first-order valence-corrected chi connectivity index (χ1v) is 14.7.